The third-order valence-corrected chi connectivity index (χ3v) is 3.68. The highest BCUT2D eigenvalue weighted by atomic mass is 16.2. The minimum atomic E-state index is -0.573. The van der Waals surface area contributed by atoms with E-state index in [4.69, 9.17) is 5.73 Å². The number of fused-ring (bicyclic) bond motifs is 1. The van der Waals surface area contributed by atoms with Gasteiger partial charge < -0.3 is 16.0 Å². The SMILES string of the molecule is Cn1cc(CNC(=O)[C@@H](N)Cc2c[nH]c3ccccc23)cn1. The first-order valence-corrected chi connectivity index (χ1v) is 7.19. The molecule has 6 heteroatoms. The summed E-state index contributed by atoms with van der Waals surface area (Å²) in [6.07, 6.45) is 6.01. The molecule has 3 rings (SSSR count). The molecule has 1 aromatic carbocycles. The highest BCUT2D eigenvalue weighted by Crippen LogP contribution is 2.18. The fourth-order valence-corrected chi connectivity index (χ4v) is 2.51. The van der Waals surface area contributed by atoms with Crippen molar-refractivity contribution >= 4 is 16.8 Å². The molecule has 0 saturated carbocycles. The highest BCUT2D eigenvalue weighted by Gasteiger charge is 2.16. The molecular weight excluding hydrogens is 278 g/mol. The molecule has 3 aromatic rings. The number of aromatic nitrogens is 3. The summed E-state index contributed by atoms with van der Waals surface area (Å²) in [7, 11) is 1.84. The summed E-state index contributed by atoms with van der Waals surface area (Å²) in [5.41, 5.74) is 9.09. The lowest BCUT2D eigenvalue weighted by atomic mass is 10.1. The molecule has 114 valence electrons. The van der Waals surface area contributed by atoms with Crippen molar-refractivity contribution in [1.29, 1.82) is 0 Å². The van der Waals surface area contributed by atoms with Crippen LogP contribution in [0.1, 0.15) is 11.1 Å². The van der Waals surface area contributed by atoms with Crippen molar-refractivity contribution in [3.63, 3.8) is 0 Å². The summed E-state index contributed by atoms with van der Waals surface area (Å²) in [4.78, 5) is 15.3. The first kappa shape index (κ1) is 14.3. The van der Waals surface area contributed by atoms with Gasteiger partial charge in [0.25, 0.3) is 0 Å². The van der Waals surface area contributed by atoms with Gasteiger partial charge in [-0.2, -0.15) is 5.10 Å². The van der Waals surface area contributed by atoms with E-state index in [0.717, 1.165) is 22.0 Å². The second kappa shape index (κ2) is 6.03. The molecule has 6 nitrogen and oxygen atoms in total. The second-order valence-corrected chi connectivity index (χ2v) is 5.41. The van der Waals surface area contributed by atoms with E-state index in [1.807, 2.05) is 43.7 Å². The van der Waals surface area contributed by atoms with Gasteiger partial charge in [0.2, 0.25) is 5.91 Å². The van der Waals surface area contributed by atoms with Gasteiger partial charge in [-0.3, -0.25) is 9.48 Å². The molecule has 2 aromatic heterocycles. The number of hydrogen-bond donors (Lipinski definition) is 3. The van der Waals surface area contributed by atoms with Gasteiger partial charge in [0, 0.05) is 42.5 Å². The zero-order valence-electron chi connectivity index (χ0n) is 12.4. The minimum absolute atomic E-state index is 0.158. The van der Waals surface area contributed by atoms with E-state index in [1.165, 1.54) is 0 Å². The largest absolute Gasteiger partial charge is 0.361 e. The number of nitrogens with zero attached hydrogens (tertiary/aromatic N) is 2. The number of amides is 1. The van der Waals surface area contributed by atoms with Gasteiger partial charge >= 0.3 is 0 Å². The minimum Gasteiger partial charge on any atom is -0.361 e. The van der Waals surface area contributed by atoms with Crippen LogP contribution in [-0.4, -0.2) is 26.7 Å². The van der Waals surface area contributed by atoms with Crippen LogP contribution in [0.4, 0.5) is 0 Å². The van der Waals surface area contributed by atoms with Crippen LogP contribution in [0.5, 0.6) is 0 Å². The zero-order valence-corrected chi connectivity index (χ0v) is 12.4. The summed E-state index contributed by atoms with van der Waals surface area (Å²) in [5.74, 6) is -0.158. The van der Waals surface area contributed by atoms with Gasteiger partial charge in [-0.05, 0) is 18.1 Å². The lowest BCUT2D eigenvalue weighted by Crippen LogP contribution is -2.41. The van der Waals surface area contributed by atoms with Crippen LogP contribution in [-0.2, 0) is 24.8 Å². The third-order valence-electron chi connectivity index (χ3n) is 3.68. The molecule has 0 spiro atoms. The van der Waals surface area contributed by atoms with E-state index in [9.17, 15) is 4.79 Å². The van der Waals surface area contributed by atoms with Crippen LogP contribution in [0.15, 0.2) is 42.9 Å². The number of H-pyrrole nitrogens is 1. The van der Waals surface area contributed by atoms with Crippen molar-refractivity contribution in [3.8, 4) is 0 Å². The highest BCUT2D eigenvalue weighted by molar-refractivity contribution is 5.86. The molecule has 0 aliphatic heterocycles. The molecule has 0 radical (unpaired) electrons. The summed E-state index contributed by atoms with van der Waals surface area (Å²) in [5, 5.41) is 8.02. The summed E-state index contributed by atoms with van der Waals surface area (Å²) < 4.78 is 1.70. The first-order chi connectivity index (χ1) is 10.6. The number of carbonyl (C=O) groups is 1. The van der Waals surface area contributed by atoms with Crippen molar-refractivity contribution < 1.29 is 4.79 Å². The Kier molecular flexibility index (Phi) is 3.93. The van der Waals surface area contributed by atoms with Crippen molar-refractivity contribution in [2.24, 2.45) is 12.8 Å². The molecular formula is C16H19N5O. The standard InChI is InChI=1S/C16H19N5O/c1-21-10-11(8-20-21)7-19-16(22)14(17)6-12-9-18-15-5-3-2-4-13(12)15/h2-5,8-10,14,18H,6-7,17H2,1H3,(H,19,22)/t14-/m0/s1. The molecule has 1 atom stereocenters. The Morgan fingerprint density at radius 1 is 1.45 bits per heavy atom. The number of hydrogen-bond acceptors (Lipinski definition) is 3. The maximum atomic E-state index is 12.1. The second-order valence-electron chi connectivity index (χ2n) is 5.41. The van der Waals surface area contributed by atoms with E-state index < -0.39 is 6.04 Å². The van der Waals surface area contributed by atoms with Gasteiger partial charge in [0.1, 0.15) is 0 Å². The number of benzene rings is 1. The van der Waals surface area contributed by atoms with Crippen molar-refractivity contribution in [2.45, 2.75) is 19.0 Å². The summed E-state index contributed by atoms with van der Waals surface area (Å²) >= 11 is 0. The van der Waals surface area contributed by atoms with E-state index in [-0.39, 0.29) is 5.91 Å². The Bertz CT molecular complexity index is 789. The predicted molar refractivity (Wildman–Crippen MR) is 85.0 cm³/mol. The number of aromatic amines is 1. The molecule has 4 N–H and O–H groups in total. The van der Waals surface area contributed by atoms with Crippen molar-refractivity contribution in [2.75, 3.05) is 0 Å². The monoisotopic (exact) mass is 297 g/mol. The van der Waals surface area contributed by atoms with E-state index in [0.29, 0.717) is 13.0 Å². The lowest BCUT2D eigenvalue weighted by molar-refractivity contribution is -0.122. The lowest BCUT2D eigenvalue weighted by Gasteiger charge is -2.11. The normalized spacial score (nSPS) is 12.5. The van der Waals surface area contributed by atoms with Gasteiger partial charge in [-0.15, -0.1) is 0 Å². The Balaban J connectivity index is 1.61. The molecule has 0 saturated heterocycles. The van der Waals surface area contributed by atoms with Crippen molar-refractivity contribution in [3.05, 3.63) is 54.0 Å². The number of nitrogens with two attached hydrogens (primary N) is 1. The maximum Gasteiger partial charge on any atom is 0.237 e. The average Bonchev–Trinajstić information content (AvgIpc) is 3.12. The molecule has 0 fully saturated rings. The van der Waals surface area contributed by atoms with Gasteiger partial charge in [0.15, 0.2) is 0 Å². The van der Waals surface area contributed by atoms with Crippen LogP contribution < -0.4 is 11.1 Å². The van der Waals surface area contributed by atoms with Gasteiger partial charge in [0.05, 0.1) is 12.2 Å². The molecule has 0 aliphatic carbocycles. The molecule has 1 amide bonds. The Morgan fingerprint density at radius 2 is 2.27 bits per heavy atom. The zero-order chi connectivity index (χ0) is 15.5. The fraction of sp³-hybridized carbons (Fsp3) is 0.250. The van der Waals surface area contributed by atoms with E-state index in [1.54, 1.807) is 10.9 Å². The van der Waals surface area contributed by atoms with Crippen LogP contribution in [0.3, 0.4) is 0 Å². The van der Waals surface area contributed by atoms with Crippen molar-refractivity contribution in [1.82, 2.24) is 20.1 Å². The van der Waals surface area contributed by atoms with E-state index >= 15 is 0 Å². The first-order valence-electron chi connectivity index (χ1n) is 7.19. The van der Waals surface area contributed by atoms with Crippen LogP contribution in [0.25, 0.3) is 10.9 Å². The number of rotatable bonds is 5. The van der Waals surface area contributed by atoms with Gasteiger partial charge in [-0.25, -0.2) is 0 Å². The quantitative estimate of drug-likeness (QED) is 0.658. The molecule has 0 aliphatic rings. The number of carbonyl (C=O) groups excluding carboxylic acids is 1. The maximum absolute atomic E-state index is 12.1. The number of aryl methyl sites for hydroxylation is 1. The van der Waals surface area contributed by atoms with E-state index in [2.05, 4.69) is 15.4 Å². The average molecular weight is 297 g/mol. The Hall–Kier alpha value is -2.60. The molecule has 2 heterocycles. The fourth-order valence-electron chi connectivity index (χ4n) is 2.51. The third kappa shape index (κ3) is 3.01. The smallest absolute Gasteiger partial charge is 0.237 e. The topological polar surface area (TPSA) is 88.7 Å². The van der Waals surface area contributed by atoms with Gasteiger partial charge in [-0.1, -0.05) is 18.2 Å². The Morgan fingerprint density at radius 3 is 3.05 bits per heavy atom. The molecule has 0 bridgehead atoms. The molecule has 22 heavy (non-hydrogen) atoms. The predicted octanol–water partition coefficient (Wildman–Crippen LogP) is 1.09. The van der Waals surface area contributed by atoms with Crippen LogP contribution >= 0.6 is 0 Å². The Labute approximate surface area is 128 Å². The summed E-state index contributed by atoms with van der Waals surface area (Å²) in [6.45, 7) is 0.439. The number of nitrogens with one attached hydrogen (secondary N) is 2. The molecule has 0 unspecified atom stereocenters. The summed E-state index contributed by atoms with van der Waals surface area (Å²) in [6, 6.07) is 7.42. The number of para-hydroxylation sites is 1. The van der Waals surface area contributed by atoms with Crippen LogP contribution in [0.2, 0.25) is 0 Å². The van der Waals surface area contributed by atoms with Crippen LogP contribution in [0, 0.1) is 0 Å².